The summed E-state index contributed by atoms with van der Waals surface area (Å²) in [5.74, 6) is 0.953. The van der Waals surface area contributed by atoms with Crippen molar-refractivity contribution < 1.29 is 18.7 Å². The number of furan rings is 1. The summed E-state index contributed by atoms with van der Waals surface area (Å²) in [5, 5.41) is 0.637. The second-order valence-electron chi connectivity index (χ2n) is 6.25. The van der Waals surface area contributed by atoms with Crippen LogP contribution in [-0.4, -0.2) is 18.1 Å². The number of ether oxygens (including phenoxy) is 2. The molecule has 28 heavy (non-hydrogen) atoms. The average molecular weight is 374 g/mol. The first-order chi connectivity index (χ1) is 13.6. The second-order valence-corrected chi connectivity index (χ2v) is 6.25. The van der Waals surface area contributed by atoms with E-state index in [1.165, 1.54) is 6.92 Å². The highest BCUT2D eigenvalue weighted by molar-refractivity contribution is 6.05. The van der Waals surface area contributed by atoms with E-state index in [1.807, 2.05) is 42.5 Å². The minimum absolute atomic E-state index is 0.239. The molecule has 0 unspecified atom stereocenters. The first-order valence-electron chi connectivity index (χ1n) is 8.66. The lowest BCUT2D eigenvalue weighted by atomic mass is 10.00. The van der Waals surface area contributed by atoms with Crippen molar-refractivity contribution in [3.8, 4) is 33.8 Å². The Kier molecular flexibility index (Phi) is 4.45. The molecule has 6 nitrogen and oxygen atoms in total. The zero-order chi connectivity index (χ0) is 19.7. The zero-order valence-electron chi connectivity index (χ0n) is 15.4. The lowest BCUT2D eigenvalue weighted by molar-refractivity contribution is -0.131. The minimum atomic E-state index is -0.426. The van der Waals surface area contributed by atoms with Crippen LogP contribution in [0, 0.1) is 0 Å². The standard InChI is InChI=1S/C22H18N2O4/c1-13(25)27-18-10-16(14-5-7-17(26-2)8-6-14)11-19-21(18)20(22(23)28-19)15-4-3-9-24-12-15/h3-12H,23H2,1-2H3. The van der Waals surface area contributed by atoms with Gasteiger partial charge >= 0.3 is 5.97 Å². The van der Waals surface area contributed by atoms with Gasteiger partial charge in [-0.1, -0.05) is 18.2 Å². The van der Waals surface area contributed by atoms with E-state index < -0.39 is 5.97 Å². The summed E-state index contributed by atoms with van der Waals surface area (Å²) in [6, 6.07) is 14.9. The number of hydrogen-bond donors (Lipinski definition) is 1. The molecule has 2 N–H and O–H groups in total. The molecule has 2 heterocycles. The largest absolute Gasteiger partial charge is 0.497 e. The lowest BCUT2D eigenvalue weighted by Gasteiger charge is -2.09. The molecule has 140 valence electrons. The van der Waals surface area contributed by atoms with Crippen LogP contribution in [0.3, 0.4) is 0 Å². The van der Waals surface area contributed by atoms with Crippen LogP contribution >= 0.6 is 0 Å². The van der Waals surface area contributed by atoms with Crippen molar-refractivity contribution in [1.29, 1.82) is 0 Å². The fourth-order valence-corrected chi connectivity index (χ4v) is 3.19. The van der Waals surface area contributed by atoms with Crippen LogP contribution in [0.2, 0.25) is 0 Å². The SMILES string of the molecule is COc1ccc(-c2cc(OC(C)=O)c3c(-c4cccnc4)c(N)oc3c2)cc1. The number of aromatic nitrogens is 1. The average Bonchev–Trinajstić information content (AvgIpc) is 3.04. The summed E-state index contributed by atoms with van der Waals surface area (Å²) in [4.78, 5) is 15.9. The molecule has 0 atom stereocenters. The fourth-order valence-electron chi connectivity index (χ4n) is 3.19. The van der Waals surface area contributed by atoms with Gasteiger partial charge in [0.15, 0.2) is 5.88 Å². The van der Waals surface area contributed by atoms with Crippen molar-refractivity contribution >= 4 is 22.8 Å². The van der Waals surface area contributed by atoms with Gasteiger partial charge in [-0.15, -0.1) is 0 Å². The molecule has 4 rings (SSSR count). The van der Waals surface area contributed by atoms with Gasteiger partial charge < -0.3 is 19.6 Å². The Morgan fingerprint density at radius 2 is 1.86 bits per heavy atom. The molecule has 2 aromatic heterocycles. The number of carbonyl (C=O) groups excluding carboxylic acids is 1. The van der Waals surface area contributed by atoms with E-state index in [-0.39, 0.29) is 5.88 Å². The number of fused-ring (bicyclic) bond motifs is 1. The van der Waals surface area contributed by atoms with E-state index in [4.69, 9.17) is 19.6 Å². The highest BCUT2D eigenvalue weighted by Crippen LogP contribution is 2.44. The lowest BCUT2D eigenvalue weighted by Crippen LogP contribution is -2.02. The van der Waals surface area contributed by atoms with Crippen molar-refractivity contribution in [3.05, 3.63) is 60.9 Å². The Morgan fingerprint density at radius 3 is 2.50 bits per heavy atom. The van der Waals surface area contributed by atoms with Crippen LogP contribution in [0.25, 0.3) is 33.2 Å². The van der Waals surface area contributed by atoms with Gasteiger partial charge in [0.1, 0.15) is 17.1 Å². The maximum Gasteiger partial charge on any atom is 0.308 e. The number of nitrogen functional groups attached to an aromatic ring is 1. The Labute approximate surface area is 161 Å². The highest BCUT2D eigenvalue weighted by Gasteiger charge is 2.21. The fraction of sp³-hybridized carbons (Fsp3) is 0.0909. The second kappa shape index (κ2) is 7.08. The van der Waals surface area contributed by atoms with Crippen molar-refractivity contribution in [1.82, 2.24) is 4.98 Å². The number of nitrogens with zero attached hydrogens (tertiary/aromatic N) is 1. The maximum atomic E-state index is 11.7. The Hall–Kier alpha value is -3.80. The van der Waals surface area contributed by atoms with Crippen LogP contribution < -0.4 is 15.2 Å². The first-order valence-corrected chi connectivity index (χ1v) is 8.66. The summed E-state index contributed by atoms with van der Waals surface area (Å²) in [7, 11) is 1.62. The summed E-state index contributed by atoms with van der Waals surface area (Å²) in [5.41, 5.74) is 9.88. The highest BCUT2D eigenvalue weighted by atomic mass is 16.5. The third-order valence-corrected chi connectivity index (χ3v) is 4.41. The zero-order valence-corrected chi connectivity index (χ0v) is 15.4. The molecule has 0 fully saturated rings. The molecule has 0 aliphatic rings. The summed E-state index contributed by atoms with van der Waals surface area (Å²) < 4.78 is 16.5. The third-order valence-electron chi connectivity index (χ3n) is 4.41. The molecule has 0 bridgehead atoms. The molecule has 0 saturated heterocycles. The van der Waals surface area contributed by atoms with Crippen LogP contribution in [0.4, 0.5) is 5.88 Å². The molecule has 0 saturated carbocycles. The molecule has 0 aliphatic carbocycles. The molecule has 4 aromatic rings. The number of benzene rings is 2. The monoisotopic (exact) mass is 374 g/mol. The number of carbonyl (C=O) groups is 1. The van der Waals surface area contributed by atoms with E-state index >= 15 is 0 Å². The molecular formula is C22H18N2O4. The molecule has 0 amide bonds. The smallest absolute Gasteiger partial charge is 0.308 e. The molecule has 6 heteroatoms. The topological polar surface area (TPSA) is 87.6 Å². The van der Waals surface area contributed by atoms with Gasteiger partial charge in [0.2, 0.25) is 0 Å². The van der Waals surface area contributed by atoms with Crippen molar-refractivity contribution in [2.45, 2.75) is 6.92 Å². The molecular weight excluding hydrogens is 356 g/mol. The number of hydrogen-bond acceptors (Lipinski definition) is 6. The Balaban J connectivity index is 1.95. The van der Waals surface area contributed by atoms with E-state index in [1.54, 1.807) is 25.6 Å². The van der Waals surface area contributed by atoms with Gasteiger partial charge in [-0.3, -0.25) is 9.78 Å². The molecule has 0 aliphatic heterocycles. The number of nitrogens with two attached hydrogens (primary N) is 1. The predicted molar refractivity (Wildman–Crippen MR) is 107 cm³/mol. The first kappa shape index (κ1) is 17.6. The van der Waals surface area contributed by atoms with Gasteiger partial charge in [0, 0.05) is 24.9 Å². The Morgan fingerprint density at radius 1 is 1.07 bits per heavy atom. The quantitative estimate of drug-likeness (QED) is 0.412. The van der Waals surface area contributed by atoms with E-state index in [9.17, 15) is 4.79 Å². The van der Waals surface area contributed by atoms with Crippen LogP contribution in [0.5, 0.6) is 11.5 Å². The van der Waals surface area contributed by atoms with E-state index in [0.717, 1.165) is 22.4 Å². The van der Waals surface area contributed by atoms with E-state index in [2.05, 4.69) is 4.98 Å². The van der Waals surface area contributed by atoms with E-state index in [0.29, 0.717) is 22.3 Å². The van der Waals surface area contributed by atoms with Crippen molar-refractivity contribution in [2.24, 2.45) is 0 Å². The van der Waals surface area contributed by atoms with Crippen molar-refractivity contribution in [2.75, 3.05) is 12.8 Å². The summed E-state index contributed by atoms with van der Waals surface area (Å²) in [6.45, 7) is 1.36. The predicted octanol–water partition coefficient (Wildman–Crippen LogP) is 4.68. The summed E-state index contributed by atoms with van der Waals surface area (Å²) in [6.07, 6.45) is 3.37. The molecule has 2 aromatic carbocycles. The van der Waals surface area contributed by atoms with Gasteiger partial charge in [0.05, 0.1) is 18.1 Å². The van der Waals surface area contributed by atoms with Crippen molar-refractivity contribution in [3.63, 3.8) is 0 Å². The number of esters is 1. The molecule has 0 radical (unpaired) electrons. The van der Waals surface area contributed by atoms with Crippen LogP contribution in [0.15, 0.2) is 65.3 Å². The van der Waals surface area contributed by atoms with Gasteiger partial charge in [-0.05, 0) is 41.5 Å². The maximum absolute atomic E-state index is 11.7. The number of anilines is 1. The normalized spacial score (nSPS) is 10.8. The molecule has 0 spiro atoms. The third kappa shape index (κ3) is 3.16. The Bertz CT molecular complexity index is 1150. The summed E-state index contributed by atoms with van der Waals surface area (Å²) >= 11 is 0. The van der Waals surface area contributed by atoms with Crippen LogP contribution in [0.1, 0.15) is 6.92 Å². The van der Waals surface area contributed by atoms with Gasteiger partial charge in [0.25, 0.3) is 0 Å². The van der Waals surface area contributed by atoms with Crippen LogP contribution in [-0.2, 0) is 4.79 Å². The van der Waals surface area contributed by atoms with Gasteiger partial charge in [-0.2, -0.15) is 0 Å². The number of methoxy groups -OCH3 is 1. The number of pyridine rings is 1. The number of rotatable bonds is 4. The van der Waals surface area contributed by atoms with Gasteiger partial charge in [-0.25, -0.2) is 0 Å². The minimum Gasteiger partial charge on any atom is -0.497 e.